The number of nitrogens with one attached hydrogen (secondary N) is 2. The average Bonchev–Trinajstić information content (AvgIpc) is 2.58. The van der Waals surface area contributed by atoms with Crippen LogP contribution < -0.4 is 14.9 Å². The lowest BCUT2D eigenvalue weighted by atomic mass is 10.1. The fraction of sp³-hybridized carbons (Fsp3) is 0.300. The third kappa shape index (κ3) is 7.07. The van der Waals surface area contributed by atoms with Crippen molar-refractivity contribution >= 4 is 44.8 Å². The number of hydrogen-bond donors (Lipinski definition) is 2. The summed E-state index contributed by atoms with van der Waals surface area (Å²) in [6, 6.07) is 12.6. The molecule has 0 bridgehead atoms. The first kappa shape index (κ1) is 22.7. The van der Waals surface area contributed by atoms with Crippen molar-refractivity contribution in [1.29, 1.82) is 0 Å². The third-order valence-electron chi connectivity index (χ3n) is 3.70. The number of amides is 2. The van der Waals surface area contributed by atoms with Gasteiger partial charge >= 0.3 is 0 Å². The number of sulfonamides is 1. The van der Waals surface area contributed by atoms with Crippen molar-refractivity contribution in [3.8, 4) is 0 Å². The molecule has 0 saturated heterocycles. The van der Waals surface area contributed by atoms with Crippen molar-refractivity contribution in [3.63, 3.8) is 0 Å². The molecule has 0 saturated carbocycles. The lowest BCUT2D eigenvalue weighted by molar-refractivity contribution is -0.114. The Balaban J connectivity index is 2.10. The minimum atomic E-state index is -3.70. The molecular weight excluding hydrogens is 414 g/mol. The summed E-state index contributed by atoms with van der Waals surface area (Å²) < 4.78 is 25.2. The van der Waals surface area contributed by atoms with E-state index < -0.39 is 22.5 Å². The molecule has 29 heavy (non-hydrogen) atoms. The number of anilines is 2. The Labute approximate surface area is 176 Å². The highest BCUT2D eigenvalue weighted by Crippen LogP contribution is 2.22. The Kier molecular flexibility index (Phi) is 6.92. The SMILES string of the molecule is CC(C)(C)NC(=O)c1ccc(NC(=O)CN(c2cccc(Cl)c2)S(C)(=O)=O)cc1. The molecule has 0 unspecified atom stereocenters. The van der Waals surface area contributed by atoms with Crippen LogP contribution in [0, 0.1) is 0 Å². The van der Waals surface area contributed by atoms with Crippen LogP contribution in [0.2, 0.25) is 5.02 Å². The fourth-order valence-corrected chi connectivity index (χ4v) is 3.51. The number of hydrogen-bond acceptors (Lipinski definition) is 4. The standard InChI is InChI=1S/C20H24ClN3O4S/c1-20(2,3)23-19(26)14-8-10-16(11-9-14)22-18(25)13-24(29(4,27)28)17-7-5-6-15(21)12-17/h5-12H,13H2,1-4H3,(H,22,25)(H,23,26). The van der Waals surface area contributed by atoms with E-state index in [-0.39, 0.29) is 11.4 Å². The average molecular weight is 438 g/mol. The molecule has 0 spiro atoms. The van der Waals surface area contributed by atoms with Gasteiger partial charge in [0.1, 0.15) is 6.54 Å². The van der Waals surface area contributed by atoms with E-state index in [0.29, 0.717) is 22.0 Å². The van der Waals surface area contributed by atoms with Gasteiger partial charge < -0.3 is 10.6 Å². The summed E-state index contributed by atoms with van der Waals surface area (Å²) in [5.74, 6) is -0.748. The molecule has 0 aliphatic carbocycles. The first-order chi connectivity index (χ1) is 13.3. The molecule has 2 aromatic rings. The van der Waals surface area contributed by atoms with E-state index in [1.165, 1.54) is 6.07 Å². The number of benzene rings is 2. The van der Waals surface area contributed by atoms with Gasteiger partial charge in [-0.2, -0.15) is 0 Å². The molecular formula is C20H24ClN3O4S. The summed E-state index contributed by atoms with van der Waals surface area (Å²) in [5, 5.41) is 5.85. The first-order valence-electron chi connectivity index (χ1n) is 8.81. The largest absolute Gasteiger partial charge is 0.347 e. The van der Waals surface area contributed by atoms with Crippen LogP contribution in [0.1, 0.15) is 31.1 Å². The molecule has 0 aliphatic heterocycles. The van der Waals surface area contributed by atoms with Crippen molar-refractivity contribution < 1.29 is 18.0 Å². The lowest BCUT2D eigenvalue weighted by Gasteiger charge is -2.22. The van der Waals surface area contributed by atoms with E-state index >= 15 is 0 Å². The molecule has 2 rings (SSSR count). The van der Waals surface area contributed by atoms with Gasteiger partial charge in [0.25, 0.3) is 5.91 Å². The Morgan fingerprint density at radius 3 is 2.21 bits per heavy atom. The van der Waals surface area contributed by atoms with Gasteiger partial charge in [-0.05, 0) is 63.2 Å². The summed E-state index contributed by atoms with van der Waals surface area (Å²) in [7, 11) is -3.70. The van der Waals surface area contributed by atoms with E-state index in [1.807, 2.05) is 20.8 Å². The zero-order valence-corrected chi connectivity index (χ0v) is 18.3. The predicted octanol–water partition coefficient (Wildman–Crippen LogP) is 3.27. The quantitative estimate of drug-likeness (QED) is 0.724. The van der Waals surface area contributed by atoms with Gasteiger partial charge in [-0.25, -0.2) is 8.42 Å². The van der Waals surface area contributed by atoms with Gasteiger partial charge in [-0.3, -0.25) is 13.9 Å². The molecule has 0 atom stereocenters. The van der Waals surface area contributed by atoms with Gasteiger partial charge in [-0.15, -0.1) is 0 Å². The number of carbonyl (C=O) groups is 2. The maximum absolute atomic E-state index is 12.4. The smallest absolute Gasteiger partial charge is 0.251 e. The highest BCUT2D eigenvalue weighted by Gasteiger charge is 2.21. The van der Waals surface area contributed by atoms with Crippen LogP contribution in [0.15, 0.2) is 48.5 Å². The van der Waals surface area contributed by atoms with Gasteiger partial charge in [0.05, 0.1) is 11.9 Å². The zero-order valence-electron chi connectivity index (χ0n) is 16.7. The minimum absolute atomic E-state index is 0.223. The topological polar surface area (TPSA) is 95.6 Å². The maximum atomic E-state index is 12.4. The molecule has 2 aromatic carbocycles. The van der Waals surface area contributed by atoms with Gasteiger partial charge in [0.2, 0.25) is 15.9 Å². The van der Waals surface area contributed by atoms with E-state index in [9.17, 15) is 18.0 Å². The summed E-state index contributed by atoms with van der Waals surface area (Å²) in [6.07, 6.45) is 1.02. The molecule has 0 aliphatic rings. The maximum Gasteiger partial charge on any atom is 0.251 e. The molecule has 0 heterocycles. The molecule has 2 N–H and O–H groups in total. The van der Waals surface area contributed by atoms with Crippen molar-refractivity contribution in [2.75, 3.05) is 22.4 Å². The second-order valence-electron chi connectivity index (χ2n) is 7.58. The van der Waals surface area contributed by atoms with E-state index in [2.05, 4.69) is 10.6 Å². The molecule has 0 radical (unpaired) electrons. The van der Waals surface area contributed by atoms with Crippen LogP contribution in [0.5, 0.6) is 0 Å². The molecule has 7 nitrogen and oxygen atoms in total. The van der Waals surface area contributed by atoms with Crippen molar-refractivity contribution in [2.45, 2.75) is 26.3 Å². The van der Waals surface area contributed by atoms with Crippen LogP contribution in [0.25, 0.3) is 0 Å². The molecule has 0 aromatic heterocycles. The second kappa shape index (κ2) is 8.84. The second-order valence-corrected chi connectivity index (χ2v) is 9.92. The van der Waals surface area contributed by atoms with Crippen molar-refractivity contribution in [2.24, 2.45) is 0 Å². The van der Waals surface area contributed by atoms with Crippen LogP contribution in [-0.2, 0) is 14.8 Å². The van der Waals surface area contributed by atoms with Crippen LogP contribution in [0.3, 0.4) is 0 Å². The van der Waals surface area contributed by atoms with Crippen molar-refractivity contribution in [1.82, 2.24) is 5.32 Å². The lowest BCUT2D eigenvalue weighted by Crippen LogP contribution is -2.40. The minimum Gasteiger partial charge on any atom is -0.347 e. The third-order valence-corrected chi connectivity index (χ3v) is 5.08. The highest BCUT2D eigenvalue weighted by molar-refractivity contribution is 7.92. The normalized spacial score (nSPS) is 11.6. The van der Waals surface area contributed by atoms with E-state index in [4.69, 9.17) is 11.6 Å². The summed E-state index contributed by atoms with van der Waals surface area (Å²) >= 11 is 5.93. The van der Waals surface area contributed by atoms with Crippen LogP contribution in [0.4, 0.5) is 11.4 Å². The molecule has 9 heteroatoms. The predicted molar refractivity (Wildman–Crippen MR) is 116 cm³/mol. The molecule has 2 amide bonds. The first-order valence-corrected chi connectivity index (χ1v) is 11.0. The van der Waals surface area contributed by atoms with Gasteiger partial charge in [-0.1, -0.05) is 17.7 Å². The van der Waals surface area contributed by atoms with Gasteiger partial charge in [0, 0.05) is 21.8 Å². The Morgan fingerprint density at radius 2 is 1.69 bits per heavy atom. The summed E-state index contributed by atoms with van der Waals surface area (Å²) in [4.78, 5) is 24.6. The number of nitrogens with zero attached hydrogens (tertiary/aromatic N) is 1. The number of rotatable bonds is 6. The highest BCUT2D eigenvalue weighted by atomic mass is 35.5. The molecule has 156 valence electrons. The van der Waals surface area contributed by atoms with E-state index in [0.717, 1.165) is 10.6 Å². The number of carbonyl (C=O) groups excluding carboxylic acids is 2. The Morgan fingerprint density at radius 1 is 1.07 bits per heavy atom. The Bertz CT molecular complexity index is 999. The van der Waals surface area contributed by atoms with Gasteiger partial charge in [0.15, 0.2) is 0 Å². The van der Waals surface area contributed by atoms with Crippen LogP contribution in [-0.4, -0.2) is 38.6 Å². The monoisotopic (exact) mass is 437 g/mol. The fourth-order valence-electron chi connectivity index (χ4n) is 2.48. The summed E-state index contributed by atoms with van der Waals surface area (Å²) in [5.41, 5.74) is 0.834. The van der Waals surface area contributed by atoms with E-state index in [1.54, 1.807) is 42.5 Å². The number of halogens is 1. The summed E-state index contributed by atoms with van der Waals surface area (Å²) in [6.45, 7) is 5.23. The molecule has 0 fully saturated rings. The zero-order chi connectivity index (χ0) is 21.8. The van der Waals surface area contributed by atoms with Crippen LogP contribution >= 0.6 is 11.6 Å². The van der Waals surface area contributed by atoms with Crippen molar-refractivity contribution in [3.05, 3.63) is 59.1 Å². The Hall–Kier alpha value is -2.58.